The molecule has 4 heteroatoms. The Labute approximate surface area is 89.6 Å². The van der Waals surface area contributed by atoms with Crippen LogP contribution in [-0.2, 0) is 11.2 Å². The Balaban J connectivity index is 2.68. The molecule has 1 heterocycles. The van der Waals surface area contributed by atoms with Crippen molar-refractivity contribution in [2.75, 3.05) is 19.0 Å². The third-order valence-corrected chi connectivity index (χ3v) is 2.23. The van der Waals surface area contributed by atoms with Gasteiger partial charge in [0, 0.05) is 20.3 Å². The van der Waals surface area contributed by atoms with Gasteiger partial charge in [0.1, 0.15) is 5.82 Å². The third-order valence-electron chi connectivity index (χ3n) is 2.23. The molecule has 0 bridgehead atoms. The van der Waals surface area contributed by atoms with Gasteiger partial charge in [0.25, 0.3) is 0 Å². The lowest BCUT2D eigenvalue weighted by Crippen LogP contribution is -2.13. The highest BCUT2D eigenvalue weighted by molar-refractivity contribution is 5.69. The van der Waals surface area contributed by atoms with Crippen molar-refractivity contribution in [1.29, 1.82) is 0 Å². The van der Waals surface area contributed by atoms with Gasteiger partial charge in [-0.05, 0) is 18.1 Å². The number of anilines is 1. The van der Waals surface area contributed by atoms with E-state index in [-0.39, 0.29) is 5.92 Å². The summed E-state index contributed by atoms with van der Waals surface area (Å²) in [4.78, 5) is 16.8. The average molecular weight is 208 g/mol. The zero-order valence-electron chi connectivity index (χ0n) is 9.27. The van der Waals surface area contributed by atoms with Gasteiger partial charge in [0.05, 0.1) is 5.92 Å². The van der Waals surface area contributed by atoms with E-state index in [1.165, 1.54) is 0 Å². The number of aliphatic carboxylic acids is 1. The van der Waals surface area contributed by atoms with E-state index >= 15 is 0 Å². The van der Waals surface area contributed by atoms with Crippen molar-refractivity contribution in [3.05, 3.63) is 23.9 Å². The maximum absolute atomic E-state index is 10.7. The summed E-state index contributed by atoms with van der Waals surface area (Å²) in [6.45, 7) is 1.70. The van der Waals surface area contributed by atoms with Crippen LogP contribution in [0.25, 0.3) is 0 Å². The van der Waals surface area contributed by atoms with Crippen LogP contribution >= 0.6 is 0 Å². The Morgan fingerprint density at radius 2 is 2.20 bits per heavy atom. The first-order valence-electron chi connectivity index (χ1n) is 4.85. The number of hydrogen-bond acceptors (Lipinski definition) is 3. The molecule has 1 aromatic rings. The van der Waals surface area contributed by atoms with Gasteiger partial charge in [0.2, 0.25) is 0 Å². The van der Waals surface area contributed by atoms with Crippen molar-refractivity contribution in [1.82, 2.24) is 4.98 Å². The number of hydrogen-bond donors (Lipinski definition) is 1. The highest BCUT2D eigenvalue weighted by atomic mass is 16.4. The number of carboxylic acids is 1. The van der Waals surface area contributed by atoms with Crippen molar-refractivity contribution in [2.24, 2.45) is 5.92 Å². The van der Waals surface area contributed by atoms with Gasteiger partial charge in [-0.25, -0.2) is 4.98 Å². The summed E-state index contributed by atoms with van der Waals surface area (Å²) in [6, 6.07) is 3.81. The molecule has 1 N–H and O–H groups in total. The summed E-state index contributed by atoms with van der Waals surface area (Å²) in [7, 11) is 3.84. The predicted molar refractivity (Wildman–Crippen MR) is 59.1 cm³/mol. The number of carboxylic acid groups (broad SMARTS) is 1. The summed E-state index contributed by atoms with van der Waals surface area (Å²) in [5.41, 5.74) is 0.954. The molecule has 0 aliphatic heterocycles. The first-order chi connectivity index (χ1) is 7.00. The second-order valence-corrected chi connectivity index (χ2v) is 3.86. The van der Waals surface area contributed by atoms with Crippen LogP contribution in [0.15, 0.2) is 18.3 Å². The van der Waals surface area contributed by atoms with Crippen molar-refractivity contribution in [2.45, 2.75) is 13.3 Å². The number of carbonyl (C=O) groups is 1. The lowest BCUT2D eigenvalue weighted by atomic mass is 10.0. The van der Waals surface area contributed by atoms with Crippen LogP contribution < -0.4 is 4.90 Å². The fourth-order valence-corrected chi connectivity index (χ4v) is 1.24. The molecule has 0 saturated heterocycles. The van der Waals surface area contributed by atoms with Crippen molar-refractivity contribution in [3.8, 4) is 0 Å². The molecule has 0 amide bonds. The summed E-state index contributed by atoms with van der Waals surface area (Å²) < 4.78 is 0. The minimum absolute atomic E-state index is 0.364. The van der Waals surface area contributed by atoms with Gasteiger partial charge < -0.3 is 10.0 Å². The standard InChI is InChI=1S/C11H16N2O2/c1-8(11(14)15)6-9-4-5-10(12-7-9)13(2)3/h4-5,7-8H,6H2,1-3H3,(H,14,15). The van der Waals surface area contributed by atoms with Gasteiger partial charge in [0.15, 0.2) is 0 Å². The molecule has 0 aromatic carbocycles. The van der Waals surface area contributed by atoms with Crippen molar-refractivity contribution >= 4 is 11.8 Å². The van der Waals surface area contributed by atoms with Crippen molar-refractivity contribution < 1.29 is 9.90 Å². The summed E-state index contributed by atoms with van der Waals surface area (Å²) >= 11 is 0. The smallest absolute Gasteiger partial charge is 0.306 e. The van der Waals surface area contributed by atoms with Crippen LogP contribution in [0.4, 0.5) is 5.82 Å². The van der Waals surface area contributed by atoms with E-state index in [1.54, 1.807) is 13.1 Å². The molecule has 0 aliphatic carbocycles. The number of pyridine rings is 1. The second kappa shape index (κ2) is 4.77. The van der Waals surface area contributed by atoms with Crippen LogP contribution in [0.1, 0.15) is 12.5 Å². The number of rotatable bonds is 4. The zero-order valence-corrected chi connectivity index (χ0v) is 9.27. The molecular weight excluding hydrogens is 192 g/mol. The highest BCUT2D eigenvalue weighted by Gasteiger charge is 2.11. The first-order valence-corrected chi connectivity index (χ1v) is 4.85. The lowest BCUT2D eigenvalue weighted by Gasteiger charge is -2.11. The number of nitrogens with zero attached hydrogens (tertiary/aromatic N) is 2. The zero-order chi connectivity index (χ0) is 11.4. The molecule has 1 aromatic heterocycles. The molecule has 82 valence electrons. The van der Waals surface area contributed by atoms with Crippen LogP contribution in [0.3, 0.4) is 0 Å². The Morgan fingerprint density at radius 3 is 2.60 bits per heavy atom. The fraction of sp³-hybridized carbons (Fsp3) is 0.455. The molecule has 1 unspecified atom stereocenters. The lowest BCUT2D eigenvalue weighted by molar-refractivity contribution is -0.141. The largest absolute Gasteiger partial charge is 0.481 e. The van der Waals surface area contributed by atoms with E-state index in [1.807, 2.05) is 31.1 Å². The maximum Gasteiger partial charge on any atom is 0.306 e. The molecule has 0 aliphatic rings. The van der Waals surface area contributed by atoms with Crippen LogP contribution in [0.5, 0.6) is 0 Å². The SMILES string of the molecule is CC(Cc1ccc(N(C)C)nc1)C(=O)O. The molecule has 1 rings (SSSR count). The van der Waals surface area contributed by atoms with E-state index in [0.717, 1.165) is 11.4 Å². The highest BCUT2D eigenvalue weighted by Crippen LogP contribution is 2.11. The normalized spacial score (nSPS) is 12.2. The second-order valence-electron chi connectivity index (χ2n) is 3.86. The van der Waals surface area contributed by atoms with E-state index in [4.69, 9.17) is 5.11 Å². The summed E-state index contributed by atoms with van der Waals surface area (Å²) in [5.74, 6) is -0.259. The van der Waals surface area contributed by atoms with Gasteiger partial charge in [-0.1, -0.05) is 13.0 Å². The molecular formula is C11H16N2O2. The van der Waals surface area contributed by atoms with Crippen LogP contribution in [0.2, 0.25) is 0 Å². The Kier molecular flexibility index (Phi) is 3.66. The average Bonchev–Trinajstić information content (AvgIpc) is 2.18. The molecule has 0 spiro atoms. The minimum Gasteiger partial charge on any atom is -0.481 e. The van der Waals surface area contributed by atoms with E-state index in [2.05, 4.69) is 4.98 Å². The van der Waals surface area contributed by atoms with E-state index in [0.29, 0.717) is 6.42 Å². The topological polar surface area (TPSA) is 53.4 Å². The predicted octanol–water partition coefficient (Wildman–Crippen LogP) is 1.41. The summed E-state index contributed by atoms with van der Waals surface area (Å²) in [6.07, 6.45) is 2.25. The monoisotopic (exact) mass is 208 g/mol. The van der Waals surface area contributed by atoms with Crippen LogP contribution in [0, 0.1) is 5.92 Å². The molecule has 0 fully saturated rings. The van der Waals surface area contributed by atoms with Crippen molar-refractivity contribution in [3.63, 3.8) is 0 Å². The summed E-state index contributed by atoms with van der Waals surface area (Å²) in [5, 5.41) is 8.76. The van der Waals surface area contributed by atoms with Gasteiger partial charge in [-0.3, -0.25) is 4.79 Å². The number of aromatic nitrogens is 1. The Bertz CT molecular complexity index is 333. The first kappa shape index (κ1) is 11.5. The quantitative estimate of drug-likeness (QED) is 0.812. The third kappa shape index (κ3) is 3.23. The van der Waals surface area contributed by atoms with Gasteiger partial charge >= 0.3 is 5.97 Å². The maximum atomic E-state index is 10.7. The molecule has 15 heavy (non-hydrogen) atoms. The molecule has 1 atom stereocenters. The van der Waals surface area contributed by atoms with Crippen LogP contribution in [-0.4, -0.2) is 30.2 Å². The minimum atomic E-state index is -0.772. The van der Waals surface area contributed by atoms with Gasteiger partial charge in [-0.15, -0.1) is 0 Å². The Morgan fingerprint density at radius 1 is 1.53 bits per heavy atom. The molecule has 0 radical (unpaired) electrons. The molecule has 4 nitrogen and oxygen atoms in total. The Hall–Kier alpha value is -1.58. The fourth-order valence-electron chi connectivity index (χ4n) is 1.24. The molecule has 0 saturated carbocycles. The van der Waals surface area contributed by atoms with E-state index in [9.17, 15) is 4.79 Å². The van der Waals surface area contributed by atoms with E-state index < -0.39 is 5.97 Å². The van der Waals surface area contributed by atoms with Gasteiger partial charge in [-0.2, -0.15) is 0 Å².